The predicted octanol–water partition coefficient (Wildman–Crippen LogP) is 5.29. The van der Waals surface area contributed by atoms with Crippen LogP contribution in [0.1, 0.15) is 34.9 Å². The zero-order valence-electron chi connectivity index (χ0n) is 10.7. The molecular weight excluding hydrogens is 372 g/mol. The average molecular weight is 387 g/mol. The minimum Gasteiger partial charge on any atom is -0.376 e. The summed E-state index contributed by atoms with van der Waals surface area (Å²) in [6.07, 6.45) is 3.42. The molecule has 0 amide bonds. The van der Waals surface area contributed by atoms with Crippen LogP contribution in [0.15, 0.2) is 24.3 Å². The summed E-state index contributed by atoms with van der Waals surface area (Å²) < 4.78 is 15.2. The number of halogens is 2. The van der Waals surface area contributed by atoms with Gasteiger partial charge in [-0.2, -0.15) is 0 Å². The van der Waals surface area contributed by atoms with Crippen molar-refractivity contribution in [2.45, 2.75) is 32.2 Å². The average Bonchev–Trinajstić information content (AvgIpc) is 2.75. The van der Waals surface area contributed by atoms with Crippen LogP contribution in [0.5, 0.6) is 0 Å². The Bertz CT molecular complexity index is 608. The van der Waals surface area contributed by atoms with Crippen LogP contribution in [0.2, 0.25) is 0 Å². The van der Waals surface area contributed by atoms with Crippen LogP contribution in [0.3, 0.4) is 0 Å². The fraction of sp³-hybridized carbons (Fsp3) is 0.333. The molecule has 0 aliphatic heterocycles. The highest BCUT2D eigenvalue weighted by Crippen LogP contribution is 2.38. The Morgan fingerprint density at radius 3 is 3.05 bits per heavy atom. The van der Waals surface area contributed by atoms with Crippen molar-refractivity contribution in [3.8, 4) is 0 Å². The molecule has 1 aliphatic carbocycles. The van der Waals surface area contributed by atoms with E-state index in [-0.39, 0.29) is 11.9 Å². The number of hydrogen-bond donors (Lipinski definition) is 1. The number of thiophene rings is 1. The van der Waals surface area contributed by atoms with E-state index in [1.165, 1.54) is 19.7 Å². The standard InChI is InChI=1S/C15H15FINS/c1-9-5-6-11(16)13(7-9)18-12-3-2-4-14-10(12)8-15(17)19-14/h5-8,12,18H,2-4H2,1H3. The van der Waals surface area contributed by atoms with Crippen molar-refractivity contribution < 1.29 is 4.39 Å². The maximum absolute atomic E-state index is 13.8. The van der Waals surface area contributed by atoms with Gasteiger partial charge < -0.3 is 5.32 Å². The third-order valence-corrected chi connectivity index (χ3v) is 5.51. The van der Waals surface area contributed by atoms with E-state index in [0.29, 0.717) is 5.69 Å². The summed E-state index contributed by atoms with van der Waals surface area (Å²) >= 11 is 4.24. The number of benzene rings is 1. The van der Waals surface area contributed by atoms with Gasteiger partial charge >= 0.3 is 0 Å². The van der Waals surface area contributed by atoms with Gasteiger partial charge in [0.1, 0.15) is 5.82 Å². The molecule has 1 N–H and O–H groups in total. The highest BCUT2D eigenvalue weighted by Gasteiger charge is 2.23. The van der Waals surface area contributed by atoms with E-state index >= 15 is 0 Å². The van der Waals surface area contributed by atoms with E-state index in [1.807, 2.05) is 24.3 Å². The minimum absolute atomic E-state index is 0.164. The van der Waals surface area contributed by atoms with Crippen LogP contribution in [-0.2, 0) is 6.42 Å². The zero-order chi connectivity index (χ0) is 13.4. The molecule has 0 radical (unpaired) electrons. The molecule has 1 unspecified atom stereocenters. The molecule has 0 saturated carbocycles. The molecule has 1 heterocycles. The lowest BCUT2D eigenvalue weighted by molar-refractivity contribution is 0.592. The third kappa shape index (κ3) is 2.79. The number of fused-ring (bicyclic) bond motifs is 1. The maximum Gasteiger partial charge on any atom is 0.146 e. The summed E-state index contributed by atoms with van der Waals surface area (Å²) in [4.78, 5) is 1.46. The highest BCUT2D eigenvalue weighted by molar-refractivity contribution is 14.1. The molecule has 1 aromatic heterocycles. The number of anilines is 1. The summed E-state index contributed by atoms with van der Waals surface area (Å²) in [5.41, 5.74) is 3.07. The van der Waals surface area contributed by atoms with E-state index in [2.05, 4.69) is 34.0 Å². The Morgan fingerprint density at radius 2 is 2.21 bits per heavy atom. The molecule has 1 atom stereocenters. The van der Waals surface area contributed by atoms with Crippen molar-refractivity contribution in [2.75, 3.05) is 5.32 Å². The number of hydrogen-bond acceptors (Lipinski definition) is 2. The van der Waals surface area contributed by atoms with Gasteiger partial charge in [-0.15, -0.1) is 11.3 Å². The zero-order valence-corrected chi connectivity index (χ0v) is 13.6. The Kier molecular flexibility index (Phi) is 3.80. The van der Waals surface area contributed by atoms with Crippen molar-refractivity contribution in [1.29, 1.82) is 0 Å². The van der Waals surface area contributed by atoms with Crippen molar-refractivity contribution in [1.82, 2.24) is 0 Å². The van der Waals surface area contributed by atoms with Crippen LogP contribution in [0.4, 0.5) is 10.1 Å². The lowest BCUT2D eigenvalue weighted by Crippen LogP contribution is -2.16. The van der Waals surface area contributed by atoms with E-state index in [1.54, 1.807) is 12.1 Å². The van der Waals surface area contributed by atoms with Gasteiger partial charge in [-0.25, -0.2) is 4.39 Å². The van der Waals surface area contributed by atoms with Gasteiger partial charge in [-0.05, 0) is 78.1 Å². The van der Waals surface area contributed by atoms with Gasteiger partial charge in [0.05, 0.1) is 14.6 Å². The van der Waals surface area contributed by atoms with E-state index in [4.69, 9.17) is 0 Å². The SMILES string of the molecule is Cc1ccc(F)c(NC2CCCc3sc(I)cc32)c1. The number of aryl methyl sites for hydroxylation is 2. The number of rotatable bonds is 2. The lowest BCUT2D eigenvalue weighted by atomic mass is 9.94. The van der Waals surface area contributed by atoms with E-state index in [0.717, 1.165) is 18.4 Å². The molecule has 1 aliphatic rings. The molecule has 100 valence electrons. The lowest BCUT2D eigenvalue weighted by Gasteiger charge is -2.25. The molecule has 19 heavy (non-hydrogen) atoms. The number of nitrogens with one attached hydrogen (secondary N) is 1. The Labute approximate surface area is 130 Å². The normalized spacial score (nSPS) is 18.2. The first-order chi connectivity index (χ1) is 9.13. The van der Waals surface area contributed by atoms with E-state index in [9.17, 15) is 4.39 Å². The van der Waals surface area contributed by atoms with Crippen LogP contribution in [-0.4, -0.2) is 0 Å². The Hall–Kier alpha value is -0.620. The third-order valence-electron chi connectivity index (χ3n) is 3.54. The molecule has 1 aromatic carbocycles. The molecule has 4 heteroatoms. The summed E-state index contributed by atoms with van der Waals surface area (Å²) in [6, 6.07) is 7.73. The minimum atomic E-state index is -0.164. The van der Waals surface area contributed by atoms with E-state index < -0.39 is 0 Å². The fourth-order valence-corrected chi connectivity index (χ4v) is 4.73. The summed E-state index contributed by atoms with van der Waals surface area (Å²) in [5, 5.41) is 3.39. The van der Waals surface area contributed by atoms with Gasteiger partial charge in [0.2, 0.25) is 0 Å². The van der Waals surface area contributed by atoms with Gasteiger partial charge in [-0.1, -0.05) is 6.07 Å². The van der Waals surface area contributed by atoms with Crippen LogP contribution in [0, 0.1) is 15.6 Å². The Morgan fingerprint density at radius 1 is 1.37 bits per heavy atom. The van der Waals surface area contributed by atoms with Gasteiger partial charge in [0.15, 0.2) is 0 Å². The molecule has 3 rings (SSSR count). The van der Waals surface area contributed by atoms with Crippen LogP contribution < -0.4 is 5.32 Å². The second-order valence-electron chi connectivity index (χ2n) is 5.00. The molecule has 0 spiro atoms. The van der Waals surface area contributed by atoms with Crippen molar-refractivity contribution in [2.24, 2.45) is 0 Å². The first kappa shape index (κ1) is 13.4. The van der Waals surface area contributed by atoms with Crippen molar-refractivity contribution >= 4 is 39.6 Å². The Balaban J connectivity index is 1.90. The second-order valence-corrected chi connectivity index (χ2v) is 8.03. The van der Waals surface area contributed by atoms with Crippen LogP contribution >= 0.6 is 33.9 Å². The van der Waals surface area contributed by atoms with Gasteiger partial charge in [-0.3, -0.25) is 0 Å². The quantitative estimate of drug-likeness (QED) is 0.691. The molecule has 0 saturated heterocycles. The van der Waals surface area contributed by atoms with Gasteiger partial charge in [0.25, 0.3) is 0 Å². The van der Waals surface area contributed by atoms with Crippen LogP contribution in [0.25, 0.3) is 0 Å². The monoisotopic (exact) mass is 387 g/mol. The molecule has 0 fully saturated rings. The maximum atomic E-state index is 13.8. The van der Waals surface area contributed by atoms with Gasteiger partial charge in [0, 0.05) is 4.88 Å². The highest BCUT2D eigenvalue weighted by atomic mass is 127. The summed E-state index contributed by atoms with van der Waals surface area (Å²) in [5.74, 6) is -0.164. The predicted molar refractivity (Wildman–Crippen MR) is 87.5 cm³/mol. The van der Waals surface area contributed by atoms with Crippen molar-refractivity contribution in [3.05, 3.63) is 49.0 Å². The second kappa shape index (κ2) is 5.40. The fourth-order valence-electron chi connectivity index (χ4n) is 2.61. The van der Waals surface area contributed by atoms with Crippen molar-refractivity contribution in [3.63, 3.8) is 0 Å². The molecule has 0 bridgehead atoms. The first-order valence-electron chi connectivity index (χ1n) is 6.44. The summed E-state index contributed by atoms with van der Waals surface area (Å²) in [6.45, 7) is 1.99. The molecule has 1 nitrogen and oxygen atoms in total. The molecular formula is C15H15FINS. The molecule has 2 aromatic rings. The topological polar surface area (TPSA) is 12.0 Å². The smallest absolute Gasteiger partial charge is 0.146 e. The largest absolute Gasteiger partial charge is 0.376 e. The first-order valence-corrected chi connectivity index (χ1v) is 8.34. The summed E-state index contributed by atoms with van der Waals surface area (Å²) in [7, 11) is 0.